The minimum absolute atomic E-state index is 0.175. The Bertz CT molecular complexity index is 532. The molecule has 0 aliphatic carbocycles. The standard InChI is InChI=1S/C15H13BrO/c1-11(17)10-14-13(8-5-9-15(14)16)12-6-3-2-4-7-12/h2-9H,10H2,1H3. The van der Waals surface area contributed by atoms with Crippen molar-refractivity contribution in [3.8, 4) is 11.1 Å². The largest absolute Gasteiger partial charge is 0.300 e. The number of hydrogen-bond donors (Lipinski definition) is 0. The van der Waals surface area contributed by atoms with E-state index in [0.29, 0.717) is 6.42 Å². The third-order valence-corrected chi connectivity index (χ3v) is 3.37. The quantitative estimate of drug-likeness (QED) is 0.825. The highest BCUT2D eigenvalue weighted by Crippen LogP contribution is 2.29. The van der Waals surface area contributed by atoms with Gasteiger partial charge in [-0.25, -0.2) is 0 Å². The fraction of sp³-hybridized carbons (Fsp3) is 0.133. The Morgan fingerprint density at radius 2 is 1.76 bits per heavy atom. The van der Waals surface area contributed by atoms with Gasteiger partial charge in [-0.05, 0) is 29.7 Å². The Morgan fingerprint density at radius 3 is 2.41 bits per heavy atom. The summed E-state index contributed by atoms with van der Waals surface area (Å²) in [5.41, 5.74) is 3.33. The van der Waals surface area contributed by atoms with Gasteiger partial charge >= 0.3 is 0 Å². The molecule has 0 amide bonds. The minimum Gasteiger partial charge on any atom is -0.300 e. The first kappa shape index (κ1) is 12.1. The number of ketones is 1. The van der Waals surface area contributed by atoms with Crippen LogP contribution in [0, 0.1) is 0 Å². The molecule has 0 saturated heterocycles. The molecular formula is C15H13BrO. The lowest BCUT2D eigenvalue weighted by atomic mass is 9.97. The van der Waals surface area contributed by atoms with Gasteiger partial charge in [0.2, 0.25) is 0 Å². The summed E-state index contributed by atoms with van der Waals surface area (Å²) >= 11 is 3.52. The third-order valence-electron chi connectivity index (χ3n) is 2.63. The summed E-state index contributed by atoms with van der Waals surface area (Å²) in [6, 6.07) is 16.2. The molecule has 0 saturated carbocycles. The average molecular weight is 289 g/mol. The molecular weight excluding hydrogens is 276 g/mol. The van der Waals surface area contributed by atoms with Gasteiger partial charge in [-0.2, -0.15) is 0 Å². The first-order valence-corrected chi connectivity index (χ1v) is 6.30. The van der Waals surface area contributed by atoms with Crippen LogP contribution in [0.1, 0.15) is 12.5 Å². The highest BCUT2D eigenvalue weighted by Gasteiger charge is 2.10. The highest BCUT2D eigenvalue weighted by atomic mass is 79.9. The lowest BCUT2D eigenvalue weighted by molar-refractivity contribution is -0.116. The van der Waals surface area contributed by atoms with Gasteiger partial charge < -0.3 is 0 Å². The van der Waals surface area contributed by atoms with Gasteiger partial charge in [-0.1, -0.05) is 58.4 Å². The smallest absolute Gasteiger partial charge is 0.134 e. The first-order chi connectivity index (χ1) is 8.18. The fourth-order valence-electron chi connectivity index (χ4n) is 1.88. The molecule has 2 rings (SSSR count). The second-order valence-electron chi connectivity index (χ2n) is 4.01. The van der Waals surface area contributed by atoms with E-state index in [2.05, 4.69) is 34.1 Å². The Hall–Kier alpha value is -1.41. The predicted octanol–water partition coefficient (Wildman–Crippen LogP) is 4.25. The van der Waals surface area contributed by atoms with Gasteiger partial charge in [0.25, 0.3) is 0 Å². The molecule has 0 fully saturated rings. The van der Waals surface area contributed by atoms with Crippen molar-refractivity contribution in [3.63, 3.8) is 0 Å². The SMILES string of the molecule is CC(=O)Cc1c(Br)cccc1-c1ccccc1. The molecule has 0 heterocycles. The summed E-state index contributed by atoms with van der Waals surface area (Å²) < 4.78 is 0.994. The van der Waals surface area contributed by atoms with Crippen LogP contribution in [-0.4, -0.2) is 5.78 Å². The molecule has 1 nitrogen and oxygen atoms in total. The molecule has 0 aliphatic rings. The lowest BCUT2D eigenvalue weighted by Gasteiger charge is -2.10. The van der Waals surface area contributed by atoms with Crippen LogP contribution in [0.3, 0.4) is 0 Å². The summed E-state index contributed by atoms with van der Waals surface area (Å²) in [6.45, 7) is 1.62. The maximum atomic E-state index is 11.3. The van der Waals surface area contributed by atoms with Gasteiger partial charge in [0.1, 0.15) is 5.78 Å². The summed E-state index contributed by atoms with van der Waals surface area (Å²) in [7, 11) is 0. The fourth-order valence-corrected chi connectivity index (χ4v) is 2.38. The van der Waals surface area contributed by atoms with Crippen molar-refractivity contribution in [1.29, 1.82) is 0 Å². The Morgan fingerprint density at radius 1 is 1.06 bits per heavy atom. The third kappa shape index (κ3) is 2.83. The van der Waals surface area contributed by atoms with Gasteiger partial charge in [-0.3, -0.25) is 4.79 Å². The van der Waals surface area contributed by atoms with E-state index in [1.165, 1.54) is 0 Å². The van der Waals surface area contributed by atoms with Crippen molar-refractivity contribution < 1.29 is 4.79 Å². The molecule has 0 N–H and O–H groups in total. The van der Waals surface area contributed by atoms with Crippen LogP contribution in [-0.2, 0) is 11.2 Å². The Balaban J connectivity index is 2.54. The zero-order chi connectivity index (χ0) is 12.3. The van der Waals surface area contributed by atoms with Crippen molar-refractivity contribution in [2.24, 2.45) is 0 Å². The molecule has 86 valence electrons. The van der Waals surface area contributed by atoms with Gasteiger partial charge in [0, 0.05) is 10.9 Å². The molecule has 0 atom stereocenters. The monoisotopic (exact) mass is 288 g/mol. The van der Waals surface area contributed by atoms with E-state index >= 15 is 0 Å². The highest BCUT2D eigenvalue weighted by molar-refractivity contribution is 9.10. The normalized spacial score (nSPS) is 10.2. The number of halogens is 1. The van der Waals surface area contributed by atoms with Gasteiger partial charge in [-0.15, -0.1) is 0 Å². The van der Waals surface area contributed by atoms with E-state index in [0.717, 1.165) is 21.2 Å². The van der Waals surface area contributed by atoms with Gasteiger partial charge in [0.05, 0.1) is 0 Å². The van der Waals surface area contributed by atoms with Crippen LogP contribution in [0.5, 0.6) is 0 Å². The van der Waals surface area contributed by atoms with Crippen molar-refractivity contribution in [1.82, 2.24) is 0 Å². The van der Waals surface area contributed by atoms with Crippen molar-refractivity contribution in [2.75, 3.05) is 0 Å². The van der Waals surface area contributed by atoms with E-state index in [1.54, 1.807) is 6.92 Å². The zero-order valence-electron chi connectivity index (χ0n) is 9.61. The molecule has 0 spiro atoms. The molecule has 2 heteroatoms. The van der Waals surface area contributed by atoms with Crippen molar-refractivity contribution in [2.45, 2.75) is 13.3 Å². The summed E-state index contributed by atoms with van der Waals surface area (Å²) in [6.07, 6.45) is 0.464. The second kappa shape index (κ2) is 5.28. The van der Waals surface area contributed by atoms with Crippen molar-refractivity contribution in [3.05, 3.63) is 58.6 Å². The maximum absolute atomic E-state index is 11.3. The first-order valence-electron chi connectivity index (χ1n) is 5.50. The van der Waals surface area contributed by atoms with E-state index in [4.69, 9.17) is 0 Å². The van der Waals surface area contributed by atoms with Gasteiger partial charge in [0.15, 0.2) is 0 Å². The van der Waals surface area contributed by atoms with Crippen LogP contribution in [0.25, 0.3) is 11.1 Å². The number of carbonyl (C=O) groups excluding carboxylic acids is 1. The minimum atomic E-state index is 0.175. The van der Waals surface area contributed by atoms with E-state index in [9.17, 15) is 4.79 Å². The van der Waals surface area contributed by atoms with E-state index < -0.39 is 0 Å². The lowest BCUT2D eigenvalue weighted by Crippen LogP contribution is -1.99. The topological polar surface area (TPSA) is 17.1 Å². The zero-order valence-corrected chi connectivity index (χ0v) is 11.2. The summed E-state index contributed by atoms with van der Waals surface area (Å²) in [4.78, 5) is 11.3. The predicted molar refractivity (Wildman–Crippen MR) is 74.0 cm³/mol. The van der Waals surface area contributed by atoms with Crippen molar-refractivity contribution >= 4 is 21.7 Å². The molecule has 2 aromatic carbocycles. The number of Topliss-reactive ketones (excluding diaryl/α,β-unsaturated/α-hetero) is 1. The molecule has 0 radical (unpaired) electrons. The van der Waals surface area contributed by atoms with E-state index in [-0.39, 0.29) is 5.78 Å². The van der Waals surface area contributed by atoms with Crippen LogP contribution < -0.4 is 0 Å². The number of benzene rings is 2. The van der Waals surface area contributed by atoms with Crippen LogP contribution >= 0.6 is 15.9 Å². The Labute approximate surface area is 110 Å². The van der Waals surface area contributed by atoms with Crippen LogP contribution in [0.2, 0.25) is 0 Å². The number of carbonyl (C=O) groups is 1. The Kier molecular flexibility index (Phi) is 3.75. The van der Waals surface area contributed by atoms with E-state index in [1.807, 2.05) is 30.3 Å². The number of hydrogen-bond acceptors (Lipinski definition) is 1. The van der Waals surface area contributed by atoms with Crippen LogP contribution in [0.4, 0.5) is 0 Å². The molecule has 2 aromatic rings. The number of rotatable bonds is 3. The molecule has 0 aliphatic heterocycles. The molecule has 0 bridgehead atoms. The molecule has 0 unspecified atom stereocenters. The maximum Gasteiger partial charge on any atom is 0.134 e. The second-order valence-corrected chi connectivity index (χ2v) is 4.87. The molecule has 17 heavy (non-hydrogen) atoms. The summed E-state index contributed by atoms with van der Waals surface area (Å²) in [5.74, 6) is 0.175. The average Bonchev–Trinajstić information content (AvgIpc) is 2.32. The van der Waals surface area contributed by atoms with Crippen LogP contribution in [0.15, 0.2) is 53.0 Å². The molecule has 0 aromatic heterocycles. The summed E-state index contributed by atoms with van der Waals surface area (Å²) in [5, 5.41) is 0.